The maximum atomic E-state index is 12.6. The summed E-state index contributed by atoms with van der Waals surface area (Å²) in [6, 6.07) is 8.07. The summed E-state index contributed by atoms with van der Waals surface area (Å²) in [5, 5.41) is 0. The molecule has 1 unspecified atom stereocenters. The Kier molecular flexibility index (Phi) is 5.75. The van der Waals surface area contributed by atoms with Crippen molar-refractivity contribution in [3.8, 4) is 5.75 Å². The standard InChI is InChI=1S/C21H26I2O3/c1-2-21(16-7-14-8-17(21)10-15(14)9-16)26-20(24)12-25-18-5-3-13(4-6-18)19(23)11-22/h3-6,14-17,19H,2,7-12H2,1H3. The molecule has 5 rings (SSSR count). The lowest BCUT2D eigenvalue weighted by atomic mass is 9.66. The second-order valence-electron chi connectivity index (χ2n) is 8.12. The number of benzene rings is 1. The summed E-state index contributed by atoms with van der Waals surface area (Å²) >= 11 is 4.84. The van der Waals surface area contributed by atoms with Crippen molar-refractivity contribution in [3.05, 3.63) is 29.8 Å². The normalized spacial score (nSPS) is 35.5. The van der Waals surface area contributed by atoms with E-state index in [9.17, 15) is 4.79 Å². The van der Waals surface area contributed by atoms with E-state index >= 15 is 0 Å². The Morgan fingerprint density at radius 3 is 2.23 bits per heavy atom. The average molecular weight is 580 g/mol. The molecule has 5 heteroatoms. The largest absolute Gasteiger partial charge is 0.482 e. The fourth-order valence-electron chi connectivity index (χ4n) is 5.81. The van der Waals surface area contributed by atoms with Crippen molar-refractivity contribution in [2.75, 3.05) is 11.0 Å². The van der Waals surface area contributed by atoms with Gasteiger partial charge in [0, 0.05) is 8.35 Å². The summed E-state index contributed by atoms with van der Waals surface area (Å²) in [6.07, 6.45) is 5.99. The molecule has 0 saturated heterocycles. The van der Waals surface area contributed by atoms with Crippen LogP contribution in [0.25, 0.3) is 0 Å². The highest BCUT2D eigenvalue weighted by Crippen LogP contribution is 2.64. The summed E-state index contributed by atoms with van der Waals surface area (Å²) in [5.74, 6) is 3.49. The summed E-state index contributed by atoms with van der Waals surface area (Å²) in [5.41, 5.74) is 1.07. The van der Waals surface area contributed by atoms with Crippen LogP contribution in [-0.2, 0) is 9.53 Å². The first-order chi connectivity index (χ1) is 12.6. The third kappa shape index (κ3) is 3.40. The number of hydrogen-bond acceptors (Lipinski definition) is 3. The van der Waals surface area contributed by atoms with E-state index in [-0.39, 0.29) is 18.2 Å². The van der Waals surface area contributed by atoms with Gasteiger partial charge in [0.1, 0.15) is 11.4 Å². The van der Waals surface area contributed by atoms with Gasteiger partial charge in [-0.25, -0.2) is 4.79 Å². The molecule has 1 aromatic carbocycles. The molecule has 4 bridgehead atoms. The molecule has 0 aromatic heterocycles. The molecule has 1 aromatic rings. The van der Waals surface area contributed by atoms with Gasteiger partial charge in [0.25, 0.3) is 0 Å². The van der Waals surface area contributed by atoms with E-state index in [1.54, 1.807) is 0 Å². The number of halogens is 2. The molecule has 4 aliphatic rings. The minimum atomic E-state index is -0.220. The van der Waals surface area contributed by atoms with Crippen molar-refractivity contribution in [3.63, 3.8) is 0 Å². The van der Waals surface area contributed by atoms with Gasteiger partial charge in [0.05, 0.1) is 0 Å². The summed E-state index contributed by atoms with van der Waals surface area (Å²) in [4.78, 5) is 12.6. The maximum Gasteiger partial charge on any atom is 0.344 e. The Labute approximate surface area is 183 Å². The molecule has 0 N–H and O–H groups in total. The van der Waals surface area contributed by atoms with E-state index in [4.69, 9.17) is 9.47 Å². The molecule has 4 fully saturated rings. The highest BCUT2D eigenvalue weighted by molar-refractivity contribution is 14.1. The lowest BCUT2D eigenvalue weighted by Crippen LogP contribution is -2.51. The molecule has 0 heterocycles. The first-order valence-electron chi connectivity index (χ1n) is 9.70. The summed E-state index contributed by atoms with van der Waals surface area (Å²) in [7, 11) is 0. The van der Waals surface area contributed by atoms with Gasteiger partial charge in [-0.05, 0) is 73.5 Å². The van der Waals surface area contributed by atoms with Crippen molar-refractivity contribution in [1.82, 2.24) is 0 Å². The SMILES string of the molecule is CCC1(OC(=O)COc2ccc(C(I)CI)cc2)C2CC3CC1CC3C2. The van der Waals surface area contributed by atoms with E-state index in [2.05, 4.69) is 64.2 Å². The molecule has 0 amide bonds. The van der Waals surface area contributed by atoms with Crippen LogP contribution in [0.4, 0.5) is 0 Å². The minimum absolute atomic E-state index is 0.00728. The number of carbonyl (C=O) groups excluding carboxylic acids is 1. The molecule has 0 spiro atoms. The molecule has 142 valence electrons. The molecule has 3 nitrogen and oxygen atoms in total. The monoisotopic (exact) mass is 580 g/mol. The number of hydrogen-bond donors (Lipinski definition) is 0. The van der Waals surface area contributed by atoms with Gasteiger partial charge in [0.2, 0.25) is 0 Å². The van der Waals surface area contributed by atoms with Crippen LogP contribution in [0, 0.1) is 23.7 Å². The van der Waals surface area contributed by atoms with Gasteiger partial charge in [-0.15, -0.1) is 0 Å². The van der Waals surface area contributed by atoms with E-state index < -0.39 is 0 Å². The first-order valence-corrected chi connectivity index (χ1v) is 12.5. The quantitative estimate of drug-likeness (QED) is 0.235. The van der Waals surface area contributed by atoms with Crippen LogP contribution in [0.15, 0.2) is 24.3 Å². The van der Waals surface area contributed by atoms with Gasteiger partial charge >= 0.3 is 5.97 Å². The van der Waals surface area contributed by atoms with Crippen LogP contribution in [0.2, 0.25) is 0 Å². The predicted octanol–water partition coefficient (Wildman–Crippen LogP) is 5.73. The van der Waals surface area contributed by atoms with Gasteiger partial charge < -0.3 is 9.47 Å². The molecular formula is C21H26I2O3. The Bertz CT molecular complexity index is 630. The third-order valence-corrected chi connectivity index (χ3v) is 10.7. The molecule has 0 aliphatic heterocycles. The molecule has 1 atom stereocenters. The molecule has 26 heavy (non-hydrogen) atoms. The Hall–Kier alpha value is -0.0500. The van der Waals surface area contributed by atoms with E-state index in [1.807, 2.05) is 12.1 Å². The Morgan fingerprint density at radius 1 is 1.15 bits per heavy atom. The zero-order chi connectivity index (χ0) is 18.3. The fourth-order valence-corrected chi connectivity index (χ4v) is 6.73. The van der Waals surface area contributed by atoms with Gasteiger partial charge in [-0.3, -0.25) is 0 Å². The van der Waals surface area contributed by atoms with Gasteiger partial charge in [0.15, 0.2) is 6.61 Å². The number of carbonyl (C=O) groups is 1. The van der Waals surface area contributed by atoms with Crippen molar-refractivity contribution in [1.29, 1.82) is 0 Å². The number of rotatable bonds is 7. The van der Waals surface area contributed by atoms with Crippen LogP contribution < -0.4 is 4.74 Å². The zero-order valence-electron chi connectivity index (χ0n) is 15.1. The highest BCUT2D eigenvalue weighted by atomic mass is 127. The van der Waals surface area contributed by atoms with Crippen molar-refractivity contribution >= 4 is 51.2 Å². The molecular weight excluding hydrogens is 554 g/mol. The zero-order valence-corrected chi connectivity index (χ0v) is 19.4. The fraction of sp³-hybridized carbons (Fsp3) is 0.667. The van der Waals surface area contributed by atoms with Crippen LogP contribution in [0.3, 0.4) is 0 Å². The Balaban J connectivity index is 1.35. The third-order valence-electron chi connectivity index (χ3n) is 6.99. The average Bonchev–Trinajstić information content (AvgIpc) is 3.18. The van der Waals surface area contributed by atoms with Gasteiger partial charge in [-0.1, -0.05) is 64.2 Å². The lowest BCUT2D eigenvalue weighted by molar-refractivity contribution is -0.185. The summed E-state index contributed by atoms with van der Waals surface area (Å²) < 4.78 is 13.4. The van der Waals surface area contributed by atoms with Crippen molar-refractivity contribution < 1.29 is 14.3 Å². The van der Waals surface area contributed by atoms with Gasteiger partial charge in [-0.2, -0.15) is 0 Å². The number of alkyl halides is 2. The number of esters is 1. The lowest BCUT2D eigenvalue weighted by Gasteiger charge is -2.47. The van der Waals surface area contributed by atoms with E-state index in [0.29, 0.717) is 15.8 Å². The molecule has 4 aliphatic carbocycles. The van der Waals surface area contributed by atoms with E-state index in [0.717, 1.165) is 28.4 Å². The summed E-state index contributed by atoms with van der Waals surface area (Å²) in [6.45, 7) is 2.19. The van der Waals surface area contributed by atoms with Crippen LogP contribution in [0.1, 0.15) is 48.5 Å². The first kappa shape index (κ1) is 19.3. The second-order valence-corrected chi connectivity index (χ2v) is 10.5. The van der Waals surface area contributed by atoms with Crippen LogP contribution in [-0.4, -0.2) is 22.6 Å². The minimum Gasteiger partial charge on any atom is -0.482 e. The Morgan fingerprint density at radius 2 is 1.73 bits per heavy atom. The second kappa shape index (κ2) is 7.76. The molecule has 0 radical (unpaired) electrons. The van der Waals surface area contributed by atoms with Crippen molar-refractivity contribution in [2.24, 2.45) is 23.7 Å². The van der Waals surface area contributed by atoms with Crippen molar-refractivity contribution in [2.45, 2.75) is 48.6 Å². The topological polar surface area (TPSA) is 35.5 Å². The maximum absolute atomic E-state index is 12.6. The smallest absolute Gasteiger partial charge is 0.344 e. The van der Waals surface area contributed by atoms with Crippen LogP contribution >= 0.6 is 45.2 Å². The van der Waals surface area contributed by atoms with E-state index in [1.165, 1.54) is 31.2 Å². The molecule has 4 saturated carbocycles. The highest BCUT2D eigenvalue weighted by Gasteiger charge is 2.62. The predicted molar refractivity (Wildman–Crippen MR) is 119 cm³/mol. The van der Waals surface area contributed by atoms with Crippen LogP contribution in [0.5, 0.6) is 5.75 Å². The number of ether oxygens (including phenoxy) is 2.